The van der Waals surface area contributed by atoms with E-state index in [1.165, 1.54) is 0 Å². The van der Waals surface area contributed by atoms with Crippen molar-refractivity contribution >= 4 is 5.91 Å². The summed E-state index contributed by atoms with van der Waals surface area (Å²) in [4.78, 5) is 13.5. The van der Waals surface area contributed by atoms with E-state index in [0.29, 0.717) is 26.1 Å². The first kappa shape index (κ1) is 12.5. The molecule has 3 rings (SSSR count). The van der Waals surface area contributed by atoms with E-state index in [-0.39, 0.29) is 18.9 Å². The second-order valence-corrected chi connectivity index (χ2v) is 5.57. The molecule has 0 radical (unpaired) electrons. The summed E-state index contributed by atoms with van der Waals surface area (Å²) < 4.78 is 27.8. The molecule has 5 nitrogen and oxygen atoms in total. The number of carbonyl (C=O) groups excluding carboxylic acids is 1. The van der Waals surface area contributed by atoms with E-state index in [0.717, 1.165) is 5.56 Å². The summed E-state index contributed by atoms with van der Waals surface area (Å²) in [6.07, 6.45) is 3.46. The molecule has 1 atom stereocenters. The van der Waals surface area contributed by atoms with E-state index in [2.05, 4.69) is 15.5 Å². The Bertz CT molecular complexity index is 476. The van der Waals surface area contributed by atoms with Crippen LogP contribution in [0.1, 0.15) is 18.4 Å². The van der Waals surface area contributed by atoms with Gasteiger partial charge in [-0.3, -0.25) is 14.8 Å². The van der Waals surface area contributed by atoms with Gasteiger partial charge < -0.3 is 5.32 Å². The van der Waals surface area contributed by atoms with Crippen LogP contribution in [0, 0.1) is 5.41 Å². The summed E-state index contributed by atoms with van der Waals surface area (Å²) in [6.45, 7) is 0.975. The normalized spacial score (nSPS) is 30.7. The van der Waals surface area contributed by atoms with Crippen molar-refractivity contribution in [3.8, 4) is 0 Å². The number of piperidine rings is 1. The van der Waals surface area contributed by atoms with Crippen molar-refractivity contribution in [3.63, 3.8) is 0 Å². The topological polar surface area (TPSA) is 61.0 Å². The van der Waals surface area contributed by atoms with Crippen LogP contribution in [0.15, 0.2) is 12.4 Å². The number of hydrogen-bond donors (Lipinski definition) is 2. The number of H-pyrrole nitrogens is 1. The second kappa shape index (κ2) is 4.26. The number of nitrogens with one attached hydrogen (secondary N) is 2. The minimum atomic E-state index is -2.82. The molecular weight excluding hydrogens is 254 g/mol. The third kappa shape index (κ3) is 2.34. The van der Waals surface area contributed by atoms with Gasteiger partial charge in [0.25, 0.3) is 5.92 Å². The first-order chi connectivity index (χ1) is 8.99. The zero-order valence-corrected chi connectivity index (χ0v) is 10.5. The van der Waals surface area contributed by atoms with Crippen LogP contribution in [0.4, 0.5) is 8.78 Å². The Labute approximate surface area is 109 Å². The summed E-state index contributed by atoms with van der Waals surface area (Å²) >= 11 is 0. The third-order valence-corrected chi connectivity index (χ3v) is 3.91. The Kier molecular flexibility index (Phi) is 2.81. The van der Waals surface area contributed by atoms with Crippen molar-refractivity contribution in [1.29, 1.82) is 0 Å². The minimum Gasteiger partial charge on any atom is -0.356 e. The Morgan fingerprint density at radius 1 is 1.42 bits per heavy atom. The number of rotatable bonds is 2. The minimum absolute atomic E-state index is 0.232. The number of carbonyl (C=O) groups is 1. The summed E-state index contributed by atoms with van der Waals surface area (Å²) in [5.74, 6) is -3.05. The average Bonchev–Trinajstić information content (AvgIpc) is 2.89. The quantitative estimate of drug-likeness (QED) is 0.834. The molecule has 19 heavy (non-hydrogen) atoms. The van der Waals surface area contributed by atoms with Crippen LogP contribution in [0.5, 0.6) is 0 Å². The summed E-state index contributed by atoms with van der Waals surface area (Å²) in [5.41, 5.74) is -0.0721. The van der Waals surface area contributed by atoms with Crippen LogP contribution in [-0.4, -0.2) is 46.6 Å². The molecule has 104 valence electrons. The van der Waals surface area contributed by atoms with Crippen molar-refractivity contribution in [2.24, 2.45) is 5.41 Å². The molecular formula is C12H16F2N4O. The predicted octanol–water partition coefficient (Wildman–Crippen LogP) is 0.757. The van der Waals surface area contributed by atoms with E-state index >= 15 is 0 Å². The van der Waals surface area contributed by atoms with Crippen molar-refractivity contribution in [1.82, 2.24) is 20.4 Å². The molecule has 7 heteroatoms. The van der Waals surface area contributed by atoms with Gasteiger partial charge in [0.1, 0.15) is 0 Å². The molecule has 3 heterocycles. The van der Waals surface area contributed by atoms with Gasteiger partial charge in [-0.25, -0.2) is 8.78 Å². The van der Waals surface area contributed by atoms with Crippen LogP contribution < -0.4 is 5.32 Å². The fraction of sp³-hybridized carbons (Fsp3) is 0.667. The number of halogens is 2. The Morgan fingerprint density at radius 2 is 2.26 bits per heavy atom. The molecule has 0 bridgehead atoms. The molecule has 0 saturated carbocycles. The Morgan fingerprint density at radius 3 is 2.89 bits per heavy atom. The number of hydrogen-bond acceptors (Lipinski definition) is 3. The van der Waals surface area contributed by atoms with Crippen molar-refractivity contribution in [2.75, 3.05) is 19.6 Å². The lowest BCUT2D eigenvalue weighted by molar-refractivity contribution is -0.149. The van der Waals surface area contributed by atoms with Crippen molar-refractivity contribution in [2.45, 2.75) is 25.3 Å². The first-order valence-electron chi connectivity index (χ1n) is 6.35. The Hall–Kier alpha value is -1.50. The highest BCUT2D eigenvalue weighted by molar-refractivity contribution is 5.85. The largest absolute Gasteiger partial charge is 0.356 e. The second-order valence-electron chi connectivity index (χ2n) is 5.57. The van der Waals surface area contributed by atoms with Crippen LogP contribution in [0.3, 0.4) is 0 Å². The fourth-order valence-electron chi connectivity index (χ4n) is 3.19. The number of nitrogens with zero attached hydrogens (tertiary/aromatic N) is 2. The molecule has 1 aromatic heterocycles. The van der Waals surface area contributed by atoms with Gasteiger partial charge >= 0.3 is 0 Å². The molecule has 1 amide bonds. The fourth-order valence-corrected chi connectivity index (χ4v) is 3.19. The lowest BCUT2D eigenvalue weighted by atomic mass is 9.77. The lowest BCUT2D eigenvalue weighted by Crippen LogP contribution is -2.54. The summed E-state index contributed by atoms with van der Waals surface area (Å²) in [7, 11) is 0. The maximum absolute atomic E-state index is 13.9. The molecule has 2 aliphatic heterocycles. The van der Waals surface area contributed by atoms with Gasteiger partial charge in [-0.1, -0.05) is 0 Å². The molecule has 2 fully saturated rings. The summed E-state index contributed by atoms with van der Waals surface area (Å²) in [6, 6.07) is 0. The van der Waals surface area contributed by atoms with Crippen LogP contribution in [0.25, 0.3) is 0 Å². The lowest BCUT2D eigenvalue weighted by Gasteiger charge is -2.42. The monoisotopic (exact) mass is 270 g/mol. The predicted molar refractivity (Wildman–Crippen MR) is 63.5 cm³/mol. The van der Waals surface area contributed by atoms with Crippen molar-refractivity contribution in [3.05, 3.63) is 18.0 Å². The number of likely N-dealkylation sites (tertiary alicyclic amines) is 1. The molecule has 0 aliphatic carbocycles. The molecule has 0 aromatic carbocycles. The number of aromatic amines is 1. The van der Waals surface area contributed by atoms with Gasteiger partial charge in [0, 0.05) is 37.8 Å². The zero-order valence-electron chi connectivity index (χ0n) is 10.5. The van der Waals surface area contributed by atoms with Gasteiger partial charge in [0.2, 0.25) is 5.91 Å². The molecule has 1 spiro atoms. The highest BCUT2D eigenvalue weighted by atomic mass is 19.3. The van der Waals surface area contributed by atoms with Crippen molar-refractivity contribution < 1.29 is 13.6 Å². The number of aromatic nitrogens is 2. The molecule has 2 saturated heterocycles. The van der Waals surface area contributed by atoms with Gasteiger partial charge in [0.15, 0.2) is 0 Å². The number of amides is 1. The maximum atomic E-state index is 13.9. The third-order valence-electron chi connectivity index (χ3n) is 3.91. The highest BCUT2D eigenvalue weighted by Gasteiger charge is 2.54. The van der Waals surface area contributed by atoms with E-state index in [9.17, 15) is 13.6 Å². The van der Waals surface area contributed by atoms with Gasteiger partial charge in [0.05, 0.1) is 18.2 Å². The molecule has 2 aliphatic rings. The zero-order chi connectivity index (χ0) is 13.5. The number of alkyl halides is 2. The highest BCUT2D eigenvalue weighted by Crippen LogP contribution is 2.43. The molecule has 0 unspecified atom stereocenters. The van der Waals surface area contributed by atoms with E-state index < -0.39 is 11.3 Å². The van der Waals surface area contributed by atoms with E-state index in [1.54, 1.807) is 17.3 Å². The SMILES string of the molecule is O=C1NCC[C@]12CN(Cc1cn[nH]c1)CC(F)(F)C2. The average molecular weight is 270 g/mol. The standard InChI is InChI=1S/C12H16F2N4O/c13-12(14)6-11(1-2-15-10(11)19)7-18(8-12)5-9-3-16-17-4-9/h3-4H,1-2,5-8H2,(H,15,19)(H,16,17)/t11-/m0/s1. The van der Waals surface area contributed by atoms with Gasteiger partial charge in [-0.15, -0.1) is 0 Å². The van der Waals surface area contributed by atoms with Crippen LogP contribution in [0.2, 0.25) is 0 Å². The van der Waals surface area contributed by atoms with Gasteiger partial charge in [-0.2, -0.15) is 5.10 Å². The summed E-state index contributed by atoms with van der Waals surface area (Å²) in [5, 5.41) is 9.16. The Balaban J connectivity index is 1.80. The van der Waals surface area contributed by atoms with E-state index in [1.807, 2.05) is 0 Å². The molecule has 1 aromatic rings. The van der Waals surface area contributed by atoms with Crippen LogP contribution in [-0.2, 0) is 11.3 Å². The van der Waals surface area contributed by atoms with Crippen LogP contribution >= 0.6 is 0 Å². The van der Waals surface area contributed by atoms with Gasteiger partial charge in [-0.05, 0) is 6.42 Å². The smallest absolute Gasteiger partial charge is 0.261 e. The van der Waals surface area contributed by atoms with E-state index in [4.69, 9.17) is 0 Å². The first-order valence-corrected chi connectivity index (χ1v) is 6.35. The maximum Gasteiger partial charge on any atom is 0.261 e. The molecule has 2 N–H and O–H groups in total.